The number of hydrogen-bond acceptors (Lipinski definition) is 2. The molecule has 1 heterocycles. The van der Waals surface area contributed by atoms with Crippen LogP contribution in [0.25, 0.3) is 0 Å². The third-order valence-corrected chi connectivity index (χ3v) is 3.48. The van der Waals surface area contributed by atoms with Crippen molar-refractivity contribution in [1.82, 2.24) is 0 Å². The van der Waals surface area contributed by atoms with Crippen molar-refractivity contribution < 1.29 is 22.6 Å². The molecule has 0 aromatic carbocycles. The zero-order valence-corrected chi connectivity index (χ0v) is 7.70. The van der Waals surface area contributed by atoms with Gasteiger partial charge < -0.3 is 9.47 Å². The van der Waals surface area contributed by atoms with Crippen LogP contribution in [0.3, 0.4) is 0 Å². The predicted octanol–water partition coefficient (Wildman–Crippen LogP) is 2.03. The average molecular weight is 218 g/mol. The predicted molar refractivity (Wildman–Crippen MR) is 44.9 cm³/mol. The summed E-state index contributed by atoms with van der Waals surface area (Å²) in [5.74, 6) is -0.630. The van der Waals surface area contributed by atoms with Crippen molar-refractivity contribution in [2.75, 3.05) is 6.79 Å². The third kappa shape index (κ3) is 0.928. The summed E-state index contributed by atoms with van der Waals surface area (Å²) < 4.78 is 49.3. The molecule has 0 amide bonds. The smallest absolute Gasteiger partial charge is 0.349 e. The summed E-state index contributed by atoms with van der Waals surface area (Å²) in [6.07, 6.45) is 0.232. The van der Waals surface area contributed by atoms with Gasteiger partial charge in [-0.25, -0.2) is 0 Å². The zero-order chi connectivity index (χ0) is 10.7. The molecule has 0 aromatic rings. The summed E-state index contributed by atoms with van der Waals surface area (Å²) in [5, 5.41) is 0. The van der Waals surface area contributed by atoms with Crippen LogP contribution in [0, 0.1) is 11.3 Å². The van der Waals surface area contributed by atoms with Crippen molar-refractivity contribution in [3.63, 3.8) is 0 Å². The Morgan fingerprint density at radius 1 is 1.20 bits per heavy atom. The topological polar surface area (TPSA) is 18.5 Å². The molecule has 1 saturated carbocycles. The number of halogens is 3. The van der Waals surface area contributed by atoms with E-state index in [-0.39, 0.29) is 6.79 Å². The Bertz CT molecular complexity index is 347. The summed E-state index contributed by atoms with van der Waals surface area (Å²) in [7, 11) is 0. The SMILES string of the molecule is FC(F)(F)[C@]12C=CC=C[C@H]1[C@H]1OCO[C@H]12. The molecule has 3 aliphatic rings. The first kappa shape index (κ1) is 9.42. The summed E-state index contributed by atoms with van der Waals surface area (Å²) in [6.45, 7) is -0.0364. The molecule has 4 atom stereocenters. The first-order chi connectivity index (χ1) is 7.07. The van der Waals surface area contributed by atoms with Gasteiger partial charge in [0.15, 0.2) is 0 Å². The van der Waals surface area contributed by atoms with Crippen LogP contribution in [0.4, 0.5) is 13.2 Å². The highest BCUT2D eigenvalue weighted by molar-refractivity contribution is 5.33. The molecule has 0 unspecified atom stereocenters. The number of fused-ring (bicyclic) bond motifs is 4. The third-order valence-electron chi connectivity index (χ3n) is 3.48. The minimum Gasteiger partial charge on any atom is -0.349 e. The number of allylic oxidation sites excluding steroid dienone is 2. The van der Waals surface area contributed by atoms with E-state index in [4.69, 9.17) is 9.47 Å². The van der Waals surface area contributed by atoms with Gasteiger partial charge in [-0.3, -0.25) is 0 Å². The van der Waals surface area contributed by atoms with Gasteiger partial charge in [-0.2, -0.15) is 13.2 Å². The fourth-order valence-corrected chi connectivity index (χ4v) is 2.74. The van der Waals surface area contributed by atoms with Gasteiger partial charge in [0.1, 0.15) is 18.3 Å². The molecule has 3 rings (SSSR count). The molecule has 0 aromatic heterocycles. The lowest BCUT2D eigenvalue weighted by Crippen LogP contribution is -2.68. The highest BCUT2D eigenvalue weighted by Gasteiger charge is 2.75. The summed E-state index contributed by atoms with van der Waals surface area (Å²) in [4.78, 5) is 0. The Morgan fingerprint density at radius 2 is 2.00 bits per heavy atom. The van der Waals surface area contributed by atoms with E-state index in [1.54, 1.807) is 12.2 Å². The maximum absolute atomic E-state index is 13.0. The minimum atomic E-state index is -4.28. The molecule has 2 fully saturated rings. The van der Waals surface area contributed by atoms with Crippen LogP contribution in [-0.2, 0) is 9.47 Å². The normalized spacial score (nSPS) is 47.3. The number of rotatable bonds is 0. The Labute approximate surface area is 84.4 Å². The van der Waals surface area contributed by atoms with Gasteiger partial charge in [0, 0.05) is 5.92 Å². The van der Waals surface area contributed by atoms with E-state index in [0.717, 1.165) is 0 Å². The highest BCUT2D eigenvalue weighted by atomic mass is 19.4. The van der Waals surface area contributed by atoms with Gasteiger partial charge in [0.05, 0.1) is 6.10 Å². The molecule has 1 saturated heterocycles. The fraction of sp³-hybridized carbons (Fsp3) is 0.600. The summed E-state index contributed by atoms with van der Waals surface area (Å²) in [6, 6.07) is 0. The largest absolute Gasteiger partial charge is 0.401 e. The van der Waals surface area contributed by atoms with E-state index in [0.29, 0.717) is 0 Å². The minimum absolute atomic E-state index is 0.0364. The van der Waals surface area contributed by atoms with E-state index < -0.39 is 29.7 Å². The molecule has 5 heteroatoms. The van der Waals surface area contributed by atoms with Crippen molar-refractivity contribution in [3.8, 4) is 0 Å². The lowest BCUT2D eigenvalue weighted by molar-refractivity contribution is -0.294. The molecule has 2 aliphatic carbocycles. The second kappa shape index (κ2) is 2.65. The standard InChI is InChI=1S/C10H9F3O2/c11-10(12,13)9-4-2-1-3-6(9)7-8(9)15-5-14-7/h1-4,6-8H,5H2/t6-,7+,8+,9+/m0/s1. The van der Waals surface area contributed by atoms with Gasteiger partial charge in [0.25, 0.3) is 0 Å². The van der Waals surface area contributed by atoms with Crippen molar-refractivity contribution in [3.05, 3.63) is 24.3 Å². The second-order valence-electron chi connectivity index (χ2n) is 4.04. The maximum Gasteiger partial charge on any atom is 0.401 e. The number of hydrogen-bond donors (Lipinski definition) is 0. The van der Waals surface area contributed by atoms with Crippen LogP contribution in [0.15, 0.2) is 24.3 Å². The van der Waals surface area contributed by atoms with Gasteiger partial charge in [0.2, 0.25) is 0 Å². The van der Waals surface area contributed by atoms with Crippen LogP contribution in [-0.4, -0.2) is 25.2 Å². The lowest BCUT2D eigenvalue weighted by atomic mass is 9.54. The van der Waals surface area contributed by atoms with E-state index in [1.807, 2.05) is 0 Å². The van der Waals surface area contributed by atoms with Crippen LogP contribution in [0.1, 0.15) is 0 Å². The number of ether oxygens (including phenoxy) is 2. The Kier molecular flexibility index (Phi) is 1.66. The monoisotopic (exact) mass is 218 g/mol. The molecule has 0 N–H and O–H groups in total. The molecule has 15 heavy (non-hydrogen) atoms. The van der Waals surface area contributed by atoms with Gasteiger partial charge in [-0.1, -0.05) is 24.3 Å². The lowest BCUT2D eigenvalue weighted by Gasteiger charge is -2.55. The molecule has 0 radical (unpaired) electrons. The molecule has 0 spiro atoms. The van der Waals surface area contributed by atoms with Gasteiger partial charge in [-0.05, 0) is 0 Å². The summed E-state index contributed by atoms with van der Waals surface area (Å²) in [5.41, 5.74) is -1.86. The van der Waals surface area contributed by atoms with E-state index in [1.165, 1.54) is 12.2 Å². The van der Waals surface area contributed by atoms with Crippen molar-refractivity contribution >= 4 is 0 Å². The number of alkyl halides is 3. The van der Waals surface area contributed by atoms with E-state index >= 15 is 0 Å². The van der Waals surface area contributed by atoms with Crippen molar-refractivity contribution in [2.45, 2.75) is 18.4 Å². The van der Waals surface area contributed by atoms with Gasteiger partial charge >= 0.3 is 6.18 Å². The molecule has 82 valence electrons. The zero-order valence-electron chi connectivity index (χ0n) is 7.70. The van der Waals surface area contributed by atoms with Gasteiger partial charge in [-0.15, -0.1) is 0 Å². The highest BCUT2D eigenvalue weighted by Crippen LogP contribution is 2.63. The van der Waals surface area contributed by atoms with Crippen LogP contribution in [0.2, 0.25) is 0 Å². The second-order valence-corrected chi connectivity index (χ2v) is 4.04. The first-order valence-electron chi connectivity index (χ1n) is 4.73. The van der Waals surface area contributed by atoms with E-state index in [2.05, 4.69) is 0 Å². The molecule has 0 bridgehead atoms. The van der Waals surface area contributed by atoms with Crippen LogP contribution >= 0.6 is 0 Å². The first-order valence-corrected chi connectivity index (χ1v) is 4.73. The molecule has 2 nitrogen and oxygen atoms in total. The fourth-order valence-electron chi connectivity index (χ4n) is 2.74. The molecular formula is C10H9F3O2. The van der Waals surface area contributed by atoms with Crippen LogP contribution in [0.5, 0.6) is 0 Å². The summed E-state index contributed by atoms with van der Waals surface area (Å²) >= 11 is 0. The maximum atomic E-state index is 13.0. The molecule has 1 aliphatic heterocycles. The van der Waals surface area contributed by atoms with Crippen molar-refractivity contribution in [1.29, 1.82) is 0 Å². The Morgan fingerprint density at radius 3 is 2.73 bits per heavy atom. The van der Waals surface area contributed by atoms with Crippen LogP contribution < -0.4 is 0 Å². The molecular weight excluding hydrogens is 209 g/mol. The van der Waals surface area contributed by atoms with E-state index in [9.17, 15) is 13.2 Å². The quantitative estimate of drug-likeness (QED) is 0.619. The van der Waals surface area contributed by atoms with Crippen molar-refractivity contribution in [2.24, 2.45) is 11.3 Å². The Hall–Kier alpha value is -0.810. The average Bonchev–Trinajstić information content (AvgIpc) is 2.56. The Balaban J connectivity index is 2.05.